The zero-order valence-corrected chi connectivity index (χ0v) is 15.8. The van der Waals surface area contributed by atoms with Crippen LogP contribution in [-0.4, -0.2) is 25.7 Å². The highest BCUT2D eigenvalue weighted by atomic mass is 79.9. The molecule has 0 radical (unpaired) electrons. The SMILES string of the molecule is COc1ccc(Br)cc1C(=O)Oc1cccc(C(=O)OCC(C)C)c1. The van der Waals surface area contributed by atoms with Crippen molar-refractivity contribution in [1.82, 2.24) is 0 Å². The normalized spacial score (nSPS) is 10.4. The molecule has 25 heavy (non-hydrogen) atoms. The van der Waals surface area contributed by atoms with E-state index < -0.39 is 11.9 Å². The standard InChI is InChI=1S/C19H19BrO5/c1-12(2)11-24-18(21)13-5-4-6-15(9-13)25-19(22)16-10-14(20)7-8-17(16)23-3/h4-10,12H,11H2,1-3H3. The Morgan fingerprint density at radius 2 is 1.84 bits per heavy atom. The van der Waals surface area contributed by atoms with Gasteiger partial charge in [-0.2, -0.15) is 0 Å². The van der Waals surface area contributed by atoms with Crippen LogP contribution in [0.2, 0.25) is 0 Å². The molecule has 0 amide bonds. The number of carbonyl (C=O) groups is 2. The van der Waals surface area contributed by atoms with Crippen LogP contribution >= 0.6 is 15.9 Å². The van der Waals surface area contributed by atoms with E-state index in [1.807, 2.05) is 13.8 Å². The van der Waals surface area contributed by atoms with Crippen LogP contribution in [0.1, 0.15) is 34.6 Å². The maximum atomic E-state index is 12.4. The van der Waals surface area contributed by atoms with E-state index >= 15 is 0 Å². The Kier molecular flexibility index (Phi) is 6.58. The Bertz CT molecular complexity index is 770. The Morgan fingerprint density at radius 1 is 1.08 bits per heavy atom. The Hall–Kier alpha value is -2.34. The fourth-order valence-electron chi connectivity index (χ4n) is 2.01. The van der Waals surface area contributed by atoms with E-state index in [1.165, 1.54) is 13.2 Å². The first-order chi connectivity index (χ1) is 11.9. The van der Waals surface area contributed by atoms with Crippen molar-refractivity contribution in [1.29, 1.82) is 0 Å². The van der Waals surface area contributed by atoms with Crippen LogP contribution in [0.25, 0.3) is 0 Å². The van der Waals surface area contributed by atoms with E-state index in [2.05, 4.69) is 15.9 Å². The summed E-state index contributed by atoms with van der Waals surface area (Å²) in [5, 5.41) is 0. The largest absolute Gasteiger partial charge is 0.496 e. The fraction of sp³-hybridized carbons (Fsp3) is 0.263. The minimum Gasteiger partial charge on any atom is -0.496 e. The minimum absolute atomic E-state index is 0.244. The molecule has 0 unspecified atom stereocenters. The molecule has 0 aliphatic carbocycles. The van der Waals surface area contributed by atoms with E-state index in [4.69, 9.17) is 14.2 Å². The molecule has 0 heterocycles. The highest BCUT2D eigenvalue weighted by Crippen LogP contribution is 2.25. The van der Waals surface area contributed by atoms with Gasteiger partial charge in [0.1, 0.15) is 17.1 Å². The maximum absolute atomic E-state index is 12.4. The molecule has 0 atom stereocenters. The molecule has 6 heteroatoms. The van der Waals surface area contributed by atoms with Crippen LogP contribution in [0.4, 0.5) is 0 Å². The van der Waals surface area contributed by atoms with Crippen molar-refractivity contribution in [2.75, 3.05) is 13.7 Å². The third-order valence-electron chi connectivity index (χ3n) is 3.21. The van der Waals surface area contributed by atoms with Crippen LogP contribution in [0.15, 0.2) is 46.9 Å². The van der Waals surface area contributed by atoms with E-state index in [0.717, 1.165) is 4.47 Å². The molecule has 0 bridgehead atoms. The Morgan fingerprint density at radius 3 is 2.52 bits per heavy atom. The number of methoxy groups -OCH3 is 1. The molecule has 0 aliphatic heterocycles. The third kappa shape index (κ3) is 5.32. The molecule has 5 nitrogen and oxygen atoms in total. The van der Waals surface area contributed by atoms with Crippen LogP contribution in [0, 0.1) is 5.92 Å². The highest BCUT2D eigenvalue weighted by molar-refractivity contribution is 9.10. The van der Waals surface area contributed by atoms with Crippen LogP contribution in [0.5, 0.6) is 11.5 Å². The van der Waals surface area contributed by atoms with Crippen LogP contribution in [0.3, 0.4) is 0 Å². The molecule has 0 aliphatic rings. The number of ether oxygens (including phenoxy) is 3. The first-order valence-corrected chi connectivity index (χ1v) is 8.53. The zero-order valence-electron chi connectivity index (χ0n) is 14.2. The Labute approximate surface area is 155 Å². The van der Waals surface area contributed by atoms with Crippen molar-refractivity contribution in [3.8, 4) is 11.5 Å². The molecule has 0 saturated carbocycles. The monoisotopic (exact) mass is 406 g/mol. The summed E-state index contributed by atoms with van der Waals surface area (Å²) in [6.45, 7) is 4.24. The molecule has 2 aromatic carbocycles. The highest BCUT2D eigenvalue weighted by Gasteiger charge is 2.16. The molecular weight excluding hydrogens is 388 g/mol. The summed E-state index contributed by atoms with van der Waals surface area (Å²) in [5.41, 5.74) is 0.608. The molecule has 2 rings (SSSR count). The molecule has 132 valence electrons. The van der Waals surface area contributed by atoms with Crippen molar-refractivity contribution in [3.05, 3.63) is 58.1 Å². The van der Waals surface area contributed by atoms with Crippen molar-refractivity contribution in [2.24, 2.45) is 5.92 Å². The summed E-state index contributed by atoms with van der Waals surface area (Å²) in [5.74, 6) is -0.127. The van der Waals surface area contributed by atoms with E-state index in [1.54, 1.807) is 36.4 Å². The second-order valence-electron chi connectivity index (χ2n) is 5.75. The average Bonchev–Trinajstić information content (AvgIpc) is 2.59. The topological polar surface area (TPSA) is 61.8 Å². The molecule has 2 aromatic rings. The maximum Gasteiger partial charge on any atom is 0.347 e. The van der Waals surface area contributed by atoms with Gasteiger partial charge in [-0.1, -0.05) is 35.8 Å². The molecule has 0 fully saturated rings. The van der Waals surface area contributed by atoms with E-state index in [9.17, 15) is 9.59 Å². The summed E-state index contributed by atoms with van der Waals surface area (Å²) >= 11 is 3.31. The number of hydrogen-bond donors (Lipinski definition) is 0. The van der Waals surface area contributed by atoms with Gasteiger partial charge in [0.05, 0.1) is 19.3 Å². The Balaban J connectivity index is 2.15. The van der Waals surface area contributed by atoms with Gasteiger partial charge in [0.25, 0.3) is 0 Å². The summed E-state index contributed by atoms with van der Waals surface area (Å²) in [6, 6.07) is 11.4. The second-order valence-corrected chi connectivity index (χ2v) is 6.67. The number of rotatable bonds is 6. The summed E-state index contributed by atoms with van der Waals surface area (Å²) in [7, 11) is 1.48. The number of carbonyl (C=O) groups excluding carboxylic acids is 2. The fourth-order valence-corrected chi connectivity index (χ4v) is 2.38. The van der Waals surface area contributed by atoms with E-state index in [0.29, 0.717) is 17.9 Å². The van der Waals surface area contributed by atoms with Crippen LogP contribution < -0.4 is 9.47 Å². The second kappa shape index (κ2) is 8.67. The number of esters is 2. The van der Waals surface area contributed by atoms with Gasteiger partial charge in [0.15, 0.2) is 0 Å². The molecule has 0 spiro atoms. The van der Waals surface area contributed by atoms with Crippen molar-refractivity contribution >= 4 is 27.9 Å². The lowest BCUT2D eigenvalue weighted by atomic mass is 10.2. The molecular formula is C19H19BrO5. The van der Waals surface area contributed by atoms with Gasteiger partial charge in [0, 0.05) is 4.47 Å². The molecule has 0 N–H and O–H groups in total. The first-order valence-electron chi connectivity index (χ1n) is 7.73. The predicted octanol–water partition coefficient (Wildman–Crippen LogP) is 4.49. The molecule has 0 aromatic heterocycles. The summed E-state index contributed by atoms with van der Waals surface area (Å²) < 4.78 is 16.5. The predicted molar refractivity (Wildman–Crippen MR) is 97.2 cm³/mol. The average molecular weight is 407 g/mol. The smallest absolute Gasteiger partial charge is 0.347 e. The van der Waals surface area contributed by atoms with Gasteiger partial charge in [-0.15, -0.1) is 0 Å². The lowest BCUT2D eigenvalue weighted by Gasteiger charge is -2.10. The van der Waals surface area contributed by atoms with E-state index in [-0.39, 0.29) is 17.2 Å². The van der Waals surface area contributed by atoms with Gasteiger partial charge in [-0.3, -0.25) is 0 Å². The lowest BCUT2D eigenvalue weighted by molar-refractivity contribution is 0.0457. The quantitative estimate of drug-likeness (QED) is 0.522. The van der Waals surface area contributed by atoms with Gasteiger partial charge >= 0.3 is 11.9 Å². The molecule has 0 saturated heterocycles. The third-order valence-corrected chi connectivity index (χ3v) is 3.70. The van der Waals surface area contributed by atoms with Crippen molar-refractivity contribution in [2.45, 2.75) is 13.8 Å². The summed E-state index contributed by atoms with van der Waals surface area (Å²) in [4.78, 5) is 24.4. The first kappa shape index (κ1) is 19.0. The van der Waals surface area contributed by atoms with Crippen LogP contribution in [-0.2, 0) is 4.74 Å². The number of benzene rings is 2. The lowest BCUT2D eigenvalue weighted by Crippen LogP contribution is -2.12. The van der Waals surface area contributed by atoms with Gasteiger partial charge < -0.3 is 14.2 Å². The number of hydrogen-bond acceptors (Lipinski definition) is 5. The minimum atomic E-state index is -0.578. The zero-order chi connectivity index (χ0) is 18.4. The van der Waals surface area contributed by atoms with Gasteiger partial charge in [-0.25, -0.2) is 9.59 Å². The van der Waals surface area contributed by atoms with Crippen molar-refractivity contribution in [3.63, 3.8) is 0 Å². The summed E-state index contributed by atoms with van der Waals surface area (Å²) in [6.07, 6.45) is 0. The number of halogens is 1. The van der Waals surface area contributed by atoms with Gasteiger partial charge in [0.2, 0.25) is 0 Å². The van der Waals surface area contributed by atoms with Crippen molar-refractivity contribution < 1.29 is 23.8 Å². The van der Waals surface area contributed by atoms with Gasteiger partial charge in [-0.05, 0) is 42.3 Å².